The van der Waals surface area contributed by atoms with Crippen LogP contribution in [-0.2, 0) is 10.2 Å². The van der Waals surface area contributed by atoms with Crippen LogP contribution >= 0.6 is 24.8 Å². The highest BCUT2D eigenvalue weighted by Crippen LogP contribution is 2.45. The van der Waals surface area contributed by atoms with Crippen LogP contribution in [0.2, 0.25) is 0 Å². The van der Waals surface area contributed by atoms with Crippen LogP contribution in [0, 0.1) is 5.82 Å². The fourth-order valence-corrected chi connectivity index (χ4v) is 5.69. The van der Waals surface area contributed by atoms with E-state index in [0.29, 0.717) is 30.5 Å². The minimum Gasteiger partial charge on any atom is -0.317 e. The first-order valence-electron chi connectivity index (χ1n) is 9.58. The van der Waals surface area contributed by atoms with E-state index in [1.165, 1.54) is 16.4 Å². The van der Waals surface area contributed by atoms with Gasteiger partial charge in [0.2, 0.25) is 0 Å². The van der Waals surface area contributed by atoms with E-state index in [2.05, 4.69) is 10.2 Å². The summed E-state index contributed by atoms with van der Waals surface area (Å²) in [5.74, 6) is -0.558. The molecule has 0 aliphatic carbocycles. The molecule has 2 heterocycles. The number of benzene rings is 2. The van der Waals surface area contributed by atoms with Crippen LogP contribution < -0.4 is 13.9 Å². The normalized spacial score (nSPS) is 18.5. The molecule has 1 N–H and O–H groups in total. The topological polar surface area (TPSA) is 55.9 Å². The Morgan fingerprint density at radius 3 is 2.10 bits per heavy atom. The molecule has 166 valence electrons. The molecule has 2 aliphatic heterocycles. The minimum absolute atomic E-state index is 0. The summed E-state index contributed by atoms with van der Waals surface area (Å²) in [6.07, 6.45) is 2.11. The van der Waals surface area contributed by atoms with Crippen molar-refractivity contribution in [3.8, 4) is 0 Å². The molecule has 1 fully saturated rings. The van der Waals surface area contributed by atoms with Crippen LogP contribution in [-0.4, -0.2) is 52.6 Å². The molecule has 0 spiro atoms. The van der Waals surface area contributed by atoms with Crippen LogP contribution in [0.15, 0.2) is 48.5 Å². The van der Waals surface area contributed by atoms with Gasteiger partial charge in [0, 0.05) is 19.1 Å². The van der Waals surface area contributed by atoms with Crippen molar-refractivity contribution in [2.75, 3.05) is 41.8 Å². The van der Waals surface area contributed by atoms with Crippen molar-refractivity contribution in [1.82, 2.24) is 10.2 Å². The number of likely N-dealkylation sites (tertiary alicyclic amines) is 1. The maximum Gasteiger partial charge on any atom is 0.331 e. The molecule has 2 aliphatic rings. The summed E-state index contributed by atoms with van der Waals surface area (Å²) in [6, 6.07) is 13.6. The molecular weight excluding hydrogens is 450 g/mol. The minimum atomic E-state index is -3.89. The fourth-order valence-electron chi connectivity index (χ4n) is 3.98. The van der Waals surface area contributed by atoms with E-state index in [9.17, 15) is 12.8 Å². The van der Waals surface area contributed by atoms with Gasteiger partial charge in [0.05, 0.1) is 17.1 Å². The summed E-state index contributed by atoms with van der Waals surface area (Å²) in [4.78, 5) is 2.29. The average molecular weight is 477 g/mol. The zero-order chi connectivity index (χ0) is 19.7. The Morgan fingerprint density at radius 2 is 1.50 bits per heavy atom. The average Bonchev–Trinajstić information content (AvgIpc) is 2.93. The molecule has 2 aromatic rings. The number of nitrogens with one attached hydrogen (secondary N) is 1. The third-order valence-corrected chi connectivity index (χ3v) is 7.36. The molecule has 0 radical (unpaired) electrons. The standard InChI is InChI=1S/C20H25FN4O2S.2ClH/c1-22-16-10-12-23(13-11-16)14-15-24-19-8-4-5-9-20(19)25(28(24,26)27)18-7-3-2-6-17(18)21;;/h2-9,16,22H,10-15H2,1H3;2*1H. The summed E-state index contributed by atoms with van der Waals surface area (Å²) >= 11 is 0. The van der Waals surface area contributed by atoms with Crippen LogP contribution in [0.25, 0.3) is 0 Å². The van der Waals surface area contributed by atoms with Gasteiger partial charge in [0.15, 0.2) is 0 Å². The summed E-state index contributed by atoms with van der Waals surface area (Å²) in [6.45, 7) is 2.87. The largest absolute Gasteiger partial charge is 0.331 e. The number of rotatable bonds is 5. The van der Waals surface area contributed by atoms with E-state index in [1.807, 2.05) is 13.1 Å². The lowest BCUT2D eigenvalue weighted by atomic mass is 10.1. The van der Waals surface area contributed by atoms with Gasteiger partial charge in [0.1, 0.15) is 5.82 Å². The highest BCUT2D eigenvalue weighted by atomic mass is 35.5. The van der Waals surface area contributed by atoms with Crippen LogP contribution in [0.1, 0.15) is 12.8 Å². The highest BCUT2D eigenvalue weighted by molar-refractivity contribution is 7.95. The molecule has 4 rings (SSSR count). The van der Waals surface area contributed by atoms with Gasteiger partial charge in [-0.05, 0) is 57.2 Å². The zero-order valence-electron chi connectivity index (χ0n) is 16.7. The monoisotopic (exact) mass is 476 g/mol. The van der Waals surface area contributed by atoms with Gasteiger partial charge < -0.3 is 10.2 Å². The van der Waals surface area contributed by atoms with E-state index >= 15 is 0 Å². The zero-order valence-corrected chi connectivity index (χ0v) is 19.1. The Morgan fingerprint density at radius 1 is 0.933 bits per heavy atom. The number of para-hydroxylation sites is 3. The Hall–Kier alpha value is -1.58. The van der Waals surface area contributed by atoms with Crippen molar-refractivity contribution in [1.29, 1.82) is 0 Å². The van der Waals surface area contributed by atoms with Crippen molar-refractivity contribution in [2.45, 2.75) is 18.9 Å². The predicted octanol–water partition coefficient (Wildman–Crippen LogP) is 3.56. The van der Waals surface area contributed by atoms with Gasteiger partial charge >= 0.3 is 10.2 Å². The first-order valence-corrected chi connectivity index (χ1v) is 11.0. The number of fused-ring (bicyclic) bond motifs is 1. The SMILES string of the molecule is CNC1CCN(CCN2c3ccccc3N(c3ccccc3F)S2(=O)=O)CC1.Cl.Cl. The summed E-state index contributed by atoms with van der Waals surface area (Å²) < 4.78 is 43.6. The Balaban J connectivity index is 0.00000160. The highest BCUT2D eigenvalue weighted by Gasteiger charge is 2.42. The van der Waals surface area contributed by atoms with E-state index < -0.39 is 16.0 Å². The van der Waals surface area contributed by atoms with E-state index in [-0.39, 0.29) is 30.5 Å². The molecule has 0 bridgehead atoms. The van der Waals surface area contributed by atoms with Gasteiger partial charge in [-0.3, -0.25) is 0 Å². The van der Waals surface area contributed by atoms with Gasteiger partial charge in [-0.1, -0.05) is 24.3 Å². The first kappa shape index (κ1) is 24.7. The molecule has 0 aromatic heterocycles. The second-order valence-corrected chi connectivity index (χ2v) is 8.89. The molecule has 6 nitrogen and oxygen atoms in total. The first-order chi connectivity index (χ1) is 13.5. The second kappa shape index (κ2) is 10.2. The molecule has 0 saturated carbocycles. The Labute approximate surface area is 190 Å². The summed E-state index contributed by atoms with van der Waals surface area (Å²) in [5.41, 5.74) is 1.13. The quantitative estimate of drug-likeness (QED) is 0.716. The maximum atomic E-state index is 14.4. The van der Waals surface area contributed by atoms with E-state index in [1.54, 1.807) is 30.3 Å². The molecule has 30 heavy (non-hydrogen) atoms. The number of nitrogens with zero attached hydrogens (tertiary/aromatic N) is 3. The van der Waals surface area contributed by atoms with Crippen molar-refractivity contribution in [2.24, 2.45) is 0 Å². The predicted molar refractivity (Wildman–Crippen MR) is 124 cm³/mol. The smallest absolute Gasteiger partial charge is 0.317 e. The van der Waals surface area contributed by atoms with E-state index in [0.717, 1.165) is 30.2 Å². The molecular formula is C20H27Cl2FN4O2S. The lowest BCUT2D eigenvalue weighted by molar-refractivity contribution is 0.207. The van der Waals surface area contributed by atoms with E-state index in [4.69, 9.17) is 0 Å². The van der Waals surface area contributed by atoms with Gasteiger partial charge in [-0.2, -0.15) is 8.42 Å². The van der Waals surface area contributed by atoms with Crippen molar-refractivity contribution in [3.05, 3.63) is 54.3 Å². The molecule has 10 heteroatoms. The van der Waals surface area contributed by atoms with Gasteiger partial charge in [0.25, 0.3) is 0 Å². The second-order valence-electron chi connectivity index (χ2n) is 7.19. The third-order valence-electron chi connectivity index (χ3n) is 5.56. The maximum absolute atomic E-state index is 14.4. The summed E-state index contributed by atoms with van der Waals surface area (Å²) in [7, 11) is -1.91. The van der Waals surface area contributed by atoms with Crippen LogP contribution in [0.5, 0.6) is 0 Å². The molecule has 1 saturated heterocycles. The number of hydrogen-bond acceptors (Lipinski definition) is 4. The number of hydrogen-bond donors (Lipinski definition) is 1. The van der Waals surface area contributed by atoms with Crippen molar-refractivity contribution < 1.29 is 12.8 Å². The van der Waals surface area contributed by atoms with Crippen molar-refractivity contribution in [3.63, 3.8) is 0 Å². The fraction of sp³-hybridized carbons (Fsp3) is 0.400. The summed E-state index contributed by atoms with van der Waals surface area (Å²) in [5, 5.41) is 3.30. The lowest BCUT2D eigenvalue weighted by Crippen LogP contribution is -2.45. The molecule has 0 amide bonds. The lowest BCUT2D eigenvalue weighted by Gasteiger charge is -2.33. The molecule has 0 unspecified atom stereocenters. The Bertz CT molecular complexity index is 955. The number of piperidine rings is 1. The number of halogens is 3. The van der Waals surface area contributed by atoms with Crippen LogP contribution in [0.4, 0.5) is 21.5 Å². The Kier molecular flexibility index (Phi) is 8.35. The van der Waals surface area contributed by atoms with Gasteiger partial charge in [-0.25, -0.2) is 13.0 Å². The molecule has 0 atom stereocenters. The van der Waals surface area contributed by atoms with Crippen LogP contribution in [0.3, 0.4) is 0 Å². The van der Waals surface area contributed by atoms with Gasteiger partial charge in [-0.15, -0.1) is 24.8 Å². The number of anilines is 3. The molecule has 2 aromatic carbocycles. The third kappa shape index (κ3) is 4.53. The van der Waals surface area contributed by atoms with Crippen molar-refractivity contribution >= 4 is 52.1 Å².